The van der Waals surface area contributed by atoms with Crippen LogP contribution in [0.4, 0.5) is 16.3 Å². The molecule has 10 atom stereocenters. The minimum atomic E-state index is -1.52. The van der Waals surface area contributed by atoms with Crippen molar-refractivity contribution in [1.29, 1.82) is 0 Å². The lowest BCUT2D eigenvalue weighted by Crippen LogP contribution is -2.65. The van der Waals surface area contributed by atoms with Crippen molar-refractivity contribution in [2.75, 3.05) is 30.3 Å². The number of imidazole rings is 1. The zero-order chi connectivity index (χ0) is 53.6. The van der Waals surface area contributed by atoms with E-state index >= 15 is 0 Å². The summed E-state index contributed by atoms with van der Waals surface area (Å²) in [4.78, 5) is 103. The van der Waals surface area contributed by atoms with E-state index in [9.17, 15) is 48.9 Å². The number of hydrogen-bond donors (Lipinski definition) is 10. The lowest BCUT2D eigenvalue weighted by molar-refractivity contribution is -0.701. The van der Waals surface area contributed by atoms with Crippen molar-refractivity contribution in [3.63, 3.8) is 0 Å². The van der Waals surface area contributed by atoms with Gasteiger partial charge in [-0.15, -0.1) is 0 Å². The third-order valence-corrected chi connectivity index (χ3v) is 14.5. The van der Waals surface area contributed by atoms with Gasteiger partial charge >= 0.3 is 11.7 Å². The fourth-order valence-corrected chi connectivity index (χ4v) is 9.99. The maximum atomic E-state index is 13.3. The van der Waals surface area contributed by atoms with E-state index in [1.807, 2.05) is 24.7 Å². The highest BCUT2D eigenvalue weighted by Gasteiger charge is 2.48. The van der Waals surface area contributed by atoms with E-state index in [2.05, 4.69) is 83.3 Å². The molecule has 2 saturated heterocycles. The number of carbonyl (C=O) groups excluding carboxylic acids is 7. The number of alkyl carbamates (subject to hydrolysis) is 1. The standard InChI is InChI=1S/C49H72IN11O12/c1-8-12-31(10-3)61-26-54-39-42(52-25-53-43(39)61)59-46-41(67)40(66)38(33(23-62)73-46)58-34(63)13-11-20-51-48(71)72-24-29-14-16-30(17-15-29)56-44(68)28(6)55-45(69)37(27(4)5)57-35(64)18-21-60-36(65)22-32(47(60)70)49(7,50)19-9-2/h14-17,25-28,31-33,37-38,40-41,46,62,66-67H,8-13,18-24H2,1-7H3,(H6,51,52,53,55,56,57,58,59,63,64,68,69,71)/p+1/t28-,31?,32?,33-,37-,38-,40+,41-,46-,49?/m0/s1. The van der Waals surface area contributed by atoms with E-state index in [1.54, 1.807) is 38.1 Å². The molecule has 2 aliphatic heterocycles. The molecule has 2 aliphatic rings. The number of nitrogens with one attached hydrogen (secondary N) is 7. The highest BCUT2D eigenvalue weighted by Crippen LogP contribution is 2.40. The van der Waals surface area contributed by atoms with Crippen LogP contribution in [0.15, 0.2) is 36.9 Å². The second-order valence-corrected chi connectivity index (χ2v) is 21.6. The van der Waals surface area contributed by atoms with Gasteiger partial charge in [0.15, 0.2) is 24.7 Å². The zero-order valence-corrected chi connectivity index (χ0v) is 44.8. The Morgan fingerprint density at radius 2 is 1.71 bits per heavy atom. The summed E-state index contributed by atoms with van der Waals surface area (Å²) in [5.41, 5.74) is 2.23. The fourth-order valence-electron chi connectivity index (χ4n) is 8.96. The first-order chi connectivity index (χ1) is 34.7. The van der Waals surface area contributed by atoms with Crippen molar-refractivity contribution >= 4 is 86.8 Å². The minimum Gasteiger partial charge on any atom is -0.445 e. The molecule has 3 aromatic rings. The zero-order valence-electron chi connectivity index (χ0n) is 42.6. The molecule has 0 radical (unpaired) electrons. The molecule has 73 heavy (non-hydrogen) atoms. The van der Waals surface area contributed by atoms with Crippen molar-refractivity contribution < 1.29 is 62.9 Å². The van der Waals surface area contributed by atoms with Crippen molar-refractivity contribution in [1.82, 2.24) is 41.1 Å². The maximum Gasteiger partial charge on any atom is 0.407 e. The summed E-state index contributed by atoms with van der Waals surface area (Å²) in [6.07, 6.45) is 1.67. The van der Waals surface area contributed by atoms with Gasteiger partial charge in [-0.3, -0.25) is 38.7 Å². The monoisotopic (exact) mass is 1130 g/mol. The van der Waals surface area contributed by atoms with Gasteiger partial charge in [0.05, 0.1) is 24.6 Å². The lowest BCUT2D eigenvalue weighted by Gasteiger charge is -2.42. The normalized spacial score (nSPS) is 22.0. The second-order valence-electron chi connectivity index (χ2n) is 19.2. The van der Waals surface area contributed by atoms with Crippen molar-refractivity contribution in [3.05, 3.63) is 42.5 Å². The Hall–Kier alpha value is -5.57. The number of aromatic amines is 1. The van der Waals surface area contributed by atoms with Gasteiger partial charge in [0.25, 0.3) is 0 Å². The third kappa shape index (κ3) is 15.5. The average Bonchev–Trinajstić information content (AvgIpc) is 3.92. The molecule has 0 aliphatic carbocycles. The average molecular weight is 1140 g/mol. The third-order valence-electron chi connectivity index (χ3n) is 13.2. The molecule has 1 aromatic carbocycles. The van der Waals surface area contributed by atoms with Gasteiger partial charge in [-0.2, -0.15) is 4.98 Å². The van der Waals surface area contributed by atoms with Gasteiger partial charge < -0.3 is 56.7 Å². The molecule has 0 bridgehead atoms. The van der Waals surface area contributed by atoms with Gasteiger partial charge in [-0.05, 0) is 63.1 Å². The number of H-pyrrole nitrogens is 1. The van der Waals surface area contributed by atoms with Crippen molar-refractivity contribution in [3.8, 4) is 0 Å². The van der Waals surface area contributed by atoms with Crippen LogP contribution < -0.4 is 36.5 Å². The van der Waals surface area contributed by atoms with Crippen LogP contribution in [0.3, 0.4) is 0 Å². The number of fused-ring (bicyclic) bond motifs is 1. The molecule has 4 heterocycles. The fraction of sp³-hybridized carbons (Fsp3) is 0.633. The van der Waals surface area contributed by atoms with Crippen LogP contribution in [-0.2, 0) is 44.8 Å². The number of aliphatic hydroxyl groups excluding tert-OH is 3. The summed E-state index contributed by atoms with van der Waals surface area (Å²) in [5.74, 6) is -3.23. The van der Waals surface area contributed by atoms with Crippen LogP contribution in [0, 0.1) is 11.8 Å². The number of rotatable bonds is 26. The number of aliphatic hydroxyl groups is 3. The molecule has 2 fully saturated rings. The van der Waals surface area contributed by atoms with Crippen LogP contribution in [0.25, 0.3) is 11.2 Å². The van der Waals surface area contributed by atoms with E-state index in [0.717, 1.165) is 37.0 Å². The Kier molecular flexibility index (Phi) is 21.7. The Morgan fingerprint density at radius 3 is 2.37 bits per heavy atom. The number of imide groups is 1. The number of ether oxygens (including phenoxy) is 2. The second kappa shape index (κ2) is 27.1. The predicted molar refractivity (Wildman–Crippen MR) is 275 cm³/mol. The lowest BCUT2D eigenvalue weighted by atomic mass is 9.89. The first-order valence-electron chi connectivity index (χ1n) is 25.1. The van der Waals surface area contributed by atoms with Gasteiger partial charge in [0.1, 0.15) is 37.0 Å². The van der Waals surface area contributed by atoms with Gasteiger partial charge in [0, 0.05) is 41.5 Å². The SMILES string of the molecule is CCCC(CC)[n+]1c[nH]c2c(N[C@H]3O[C@@H](CO)[C@H](NC(=O)CCCNC(=O)OCc4ccc(NC(=O)[C@H](C)NC(=O)[C@@H](NC(=O)CCN5C(=O)CC(C(C)(I)CCC)C5=O)C(C)C)cc4)[C@@H](O)[C@@H]3O)ncnc21. The first-order valence-corrected chi connectivity index (χ1v) is 26.2. The van der Waals surface area contributed by atoms with Crippen LogP contribution >= 0.6 is 22.6 Å². The molecule has 23 nitrogen and oxygen atoms in total. The first kappa shape index (κ1) is 58.3. The summed E-state index contributed by atoms with van der Waals surface area (Å²) in [6.45, 7) is 12.5. The van der Waals surface area contributed by atoms with E-state index in [0.29, 0.717) is 28.2 Å². The number of hydrogen-bond acceptors (Lipinski definition) is 15. The highest BCUT2D eigenvalue weighted by atomic mass is 127. The Bertz CT molecular complexity index is 2390. The number of anilines is 2. The minimum absolute atomic E-state index is 0.0717. The van der Waals surface area contributed by atoms with Crippen molar-refractivity contribution in [2.45, 2.75) is 165 Å². The van der Waals surface area contributed by atoms with Crippen molar-refractivity contribution in [2.24, 2.45) is 11.8 Å². The molecule has 402 valence electrons. The summed E-state index contributed by atoms with van der Waals surface area (Å²) < 4.78 is 12.9. The van der Waals surface area contributed by atoms with Gasteiger partial charge in [-0.25, -0.2) is 9.36 Å². The summed E-state index contributed by atoms with van der Waals surface area (Å²) >= 11 is 2.23. The molecule has 7 amide bonds. The number of carbonyl (C=O) groups is 7. The number of halogens is 1. The Morgan fingerprint density at radius 1 is 0.986 bits per heavy atom. The number of benzene rings is 1. The molecule has 3 unspecified atom stereocenters. The number of likely N-dealkylation sites (tertiary alicyclic amines) is 1. The number of alkyl halides is 1. The van der Waals surface area contributed by atoms with Crippen LogP contribution in [-0.4, -0.2) is 142 Å². The van der Waals surface area contributed by atoms with Gasteiger partial charge in [-0.1, -0.05) is 87.2 Å². The highest BCUT2D eigenvalue weighted by molar-refractivity contribution is 14.1. The van der Waals surface area contributed by atoms with Crippen LogP contribution in [0.5, 0.6) is 0 Å². The smallest absolute Gasteiger partial charge is 0.407 e. The number of nitrogens with zero attached hydrogens (tertiary/aromatic N) is 4. The Balaban J connectivity index is 0.989. The molecular weight excluding hydrogens is 1060 g/mol. The van der Waals surface area contributed by atoms with E-state index < -0.39 is 84.9 Å². The summed E-state index contributed by atoms with van der Waals surface area (Å²) in [6, 6.07) is 3.54. The summed E-state index contributed by atoms with van der Waals surface area (Å²) in [7, 11) is 0. The number of amides is 7. The maximum absolute atomic E-state index is 13.3. The van der Waals surface area contributed by atoms with Gasteiger partial charge in [0.2, 0.25) is 41.0 Å². The molecule has 0 saturated carbocycles. The molecular formula is C49H73IN11O12+. The van der Waals surface area contributed by atoms with E-state index in [4.69, 9.17) is 9.47 Å². The Labute approximate surface area is 438 Å². The topological polar surface area (TPSA) is 320 Å². The molecule has 0 spiro atoms. The largest absolute Gasteiger partial charge is 0.445 e. The van der Waals surface area contributed by atoms with E-state index in [1.165, 1.54) is 13.3 Å². The van der Waals surface area contributed by atoms with Crippen LogP contribution in [0.1, 0.15) is 118 Å². The van der Waals surface area contributed by atoms with E-state index in [-0.39, 0.29) is 72.6 Å². The summed E-state index contributed by atoms with van der Waals surface area (Å²) in [5, 5.41) is 48.5. The quantitative estimate of drug-likeness (QED) is 0.0181. The predicted octanol–water partition coefficient (Wildman–Crippen LogP) is 2.38. The number of aromatic nitrogens is 4. The van der Waals surface area contributed by atoms with Crippen LogP contribution in [0.2, 0.25) is 0 Å². The molecule has 24 heteroatoms. The molecule has 10 N–H and O–H groups in total. The molecule has 5 rings (SSSR count). The molecule has 2 aromatic heterocycles.